The van der Waals surface area contributed by atoms with E-state index in [9.17, 15) is 4.79 Å². The summed E-state index contributed by atoms with van der Waals surface area (Å²) in [5.41, 5.74) is 3.28. The Kier molecular flexibility index (Phi) is 4.91. The highest BCUT2D eigenvalue weighted by atomic mass is 32.1. The molecule has 0 aliphatic heterocycles. The Morgan fingerprint density at radius 1 is 0.885 bits per heavy atom. The van der Waals surface area contributed by atoms with E-state index in [4.69, 9.17) is 0 Å². The molecule has 0 N–H and O–H groups in total. The first-order valence-corrected chi connectivity index (χ1v) is 9.42. The highest BCUT2D eigenvalue weighted by Gasteiger charge is 2.11. The van der Waals surface area contributed by atoms with E-state index in [2.05, 4.69) is 58.4 Å². The van der Waals surface area contributed by atoms with Crippen LogP contribution >= 0.6 is 11.3 Å². The quantitative estimate of drug-likeness (QED) is 0.522. The van der Waals surface area contributed by atoms with Gasteiger partial charge in [-0.25, -0.2) is 4.98 Å². The van der Waals surface area contributed by atoms with Crippen LogP contribution in [0.15, 0.2) is 83.1 Å². The number of fused-ring (bicyclic) bond motifs is 1. The molecule has 0 spiro atoms. The normalized spacial score (nSPS) is 11.3. The Morgan fingerprint density at radius 2 is 1.50 bits per heavy atom. The number of benzene rings is 2. The molecule has 0 bridgehead atoms. The molecule has 2 aromatic carbocycles. The molecule has 0 aliphatic carbocycles. The first-order valence-electron chi connectivity index (χ1n) is 8.54. The molecule has 2 heterocycles. The third kappa shape index (κ3) is 3.90. The topological polar surface area (TPSA) is 37.6 Å². The Bertz CT molecular complexity index is 999. The zero-order valence-electron chi connectivity index (χ0n) is 14.3. The predicted molar refractivity (Wildman–Crippen MR) is 105 cm³/mol. The van der Waals surface area contributed by atoms with Crippen molar-refractivity contribution >= 4 is 16.3 Å². The maximum atomic E-state index is 12.3. The summed E-state index contributed by atoms with van der Waals surface area (Å²) in [6, 6.07) is 22.4. The fourth-order valence-electron chi connectivity index (χ4n) is 3.05. The smallest absolute Gasteiger partial charge is 0.258 e. The van der Waals surface area contributed by atoms with Crippen molar-refractivity contribution in [2.24, 2.45) is 0 Å². The number of nitrogens with zero attached hydrogens (tertiary/aromatic N) is 3. The summed E-state index contributed by atoms with van der Waals surface area (Å²) in [5.74, 6) is 0. The van der Waals surface area contributed by atoms with Crippen LogP contribution in [0.5, 0.6) is 0 Å². The van der Waals surface area contributed by atoms with Crippen molar-refractivity contribution in [3.8, 4) is 0 Å². The number of hydrogen-bond donors (Lipinski definition) is 0. The van der Waals surface area contributed by atoms with Gasteiger partial charge in [-0.15, -0.1) is 11.3 Å². The van der Waals surface area contributed by atoms with Crippen LogP contribution in [0, 0.1) is 0 Å². The lowest BCUT2D eigenvalue weighted by Gasteiger charge is -2.22. The Morgan fingerprint density at radius 3 is 2.12 bits per heavy atom. The standard InChI is InChI=1S/C21H19N3OS/c25-20-13-19(22-21-24(20)11-12-26-21)16-23(14-17-7-3-1-4-8-17)15-18-9-5-2-6-10-18/h1-13H,14-16H2. The van der Waals surface area contributed by atoms with Crippen LogP contribution in [0.3, 0.4) is 0 Å². The van der Waals surface area contributed by atoms with Crippen LogP contribution in [0.2, 0.25) is 0 Å². The maximum Gasteiger partial charge on any atom is 0.258 e. The molecule has 4 nitrogen and oxygen atoms in total. The third-order valence-corrected chi connectivity index (χ3v) is 5.00. The van der Waals surface area contributed by atoms with Gasteiger partial charge in [-0.1, -0.05) is 60.7 Å². The minimum atomic E-state index is -0.0226. The zero-order valence-corrected chi connectivity index (χ0v) is 15.1. The molecule has 0 unspecified atom stereocenters. The van der Waals surface area contributed by atoms with Crippen LogP contribution in [-0.2, 0) is 19.6 Å². The zero-order chi connectivity index (χ0) is 17.8. The molecular weight excluding hydrogens is 342 g/mol. The average molecular weight is 361 g/mol. The average Bonchev–Trinajstić information content (AvgIpc) is 3.12. The summed E-state index contributed by atoms with van der Waals surface area (Å²) in [6.07, 6.45) is 1.77. The Balaban J connectivity index is 1.61. The number of rotatable bonds is 6. The lowest BCUT2D eigenvalue weighted by molar-refractivity contribution is 0.245. The third-order valence-electron chi connectivity index (χ3n) is 4.24. The van der Waals surface area contributed by atoms with E-state index in [1.54, 1.807) is 16.7 Å². The number of aromatic nitrogens is 2. The van der Waals surface area contributed by atoms with Crippen molar-refractivity contribution < 1.29 is 0 Å². The van der Waals surface area contributed by atoms with Crippen molar-refractivity contribution in [2.75, 3.05) is 0 Å². The van der Waals surface area contributed by atoms with E-state index in [0.29, 0.717) is 6.54 Å². The first-order chi connectivity index (χ1) is 12.8. The fourth-order valence-corrected chi connectivity index (χ4v) is 3.79. The summed E-state index contributed by atoms with van der Waals surface area (Å²) < 4.78 is 1.59. The van der Waals surface area contributed by atoms with Gasteiger partial charge in [0, 0.05) is 37.3 Å². The van der Waals surface area contributed by atoms with Gasteiger partial charge in [-0.3, -0.25) is 14.1 Å². The van der Waals surface area contributed by atoms with Crippen LogP contribution in [0.1, 0.15) is 16.8 Å². The van der Waals surface area contributed by atoms with Crippen LogP contribution in [0.25, 0.3) is 4.96 Å². The second kappa shape index (κ2) is 7.64. The van der Waals surface area contributed by atoms with E-state index >= 15 is 0 Å². The van der Waals surface area contributed by atoms with E-state index < -0.39 is 0 Å². The number of thiazole rings is 1. The van der Waals surface area contributed by atoms with Crippen molar-refractivity contribution in [3.05, 3.63) is 105 Å². The lowest BCUT2D eigenvalue weighted by atomic mass is 10.1. The van der Waals surface area contributed by atoms with Gasteiger partial charge >= 0.3 is 0 Å². The molecule has 5 heteroatoms. The molecule has 0 radical (unpaired) electrons. The van der Waals surface area contributed by atoms with Crippen molar-refractivity contribution in [2.45, 2.75) is 19.6 Å². The van der Waals surface area contributed by atoms with Gasteiger partial charge in [0.1, 0.15) is 0 Å². The molecule has 2 aromatic heterocycles. The molecule has 0 saturated heterocycles. The molecule has 26 heavy (non-hydrogen) atoms. The molecule has 0 amide bonds. The van der Waals surface area contributed by atoms with Crippen LogP contribution in [0.4, 0.5) is 0 Å². The molecule has 4 aromatic rings. The largest absolute Gasteiger partial charge is 0.289 e. The monoisotopic (exact) mass is 361 g/mol. The van der Waals surface area contributed by atoms with E-state index in [-0.39, 0.29) is 5.56 Å². The SMILES string of the molecule is O=c1cc(CN(Cc2ccccc2)Cc2ccccc2)nc2sccn12. The van der Waals surface area contributed by atoms with Crippen molar-refractivity contribution in [1.82, 2.24) is 14.3 Å². The minimum absolute atomic E-state index is 0.0226. The molecule has 0 atom stereocenters. The second-order valence-corrected chi connectivity index (χ2v) is 7.13. The van der Waals surface area contributed by atoms with E-state index in [0.717, 1.165) is 23.7 Å². The Hall–Kier alpha value is -2.76. The summed E-state index contributed by atoms with van der Waals surface area (Å²) in [7, 11) is 0. The van der Waals surface area contributed by atoms with Gasteiger partial charge in [0.05, 0.1) is 5.69 Å². The van der Waals surface area contributed by atoms with Crippen LogP contribution in [-0.4, -0.2) is 14.3 Å². The fraction of sp³-hybridized carbons (Fsp3) is 0.143. The molecular formula is C21H19N3OS. The summed E-state index contributed by atoms with van der Waals surface area (Å²) in [5, 5.41) is 1.89. The number of hydrogen-bond acceptors (Lipinski definition) is 4. The highest BCUT2D eigenvalue weighted by Crippen LogP contribution is 2.14. The molecule has 0 fully saturated rings. The van der Waals surface area contributed by atoms with Crippen molar-refractivity contribution in [1.29, 1.82) is 0 Å². The maximum absolute atomic E-state index is 12.3. The van der Waals surface area contributed by atoms with E-state index in [1.165, 1.54) is 22.5 Å². The predicted octanol–water partition coefficient (Wildman–Crippen LogP) is 3.96. The molecule has 4 rings (SSSR count). The summed E-state index contributed by atoms with van der Waals surface area (Å²) in [6.45, 7) is 2.25. The van der Waals surface area contributed by atoms with Crippen LogP contribution < -0.4 is 5.56 Å². The summed E-state index contributed by atoms with van der Waals surface area (Å²) >= 11 is 1.48. The summed E-state index contributed by atoms with van der Waals surface area (Å²) in [4.78, 5) is 20.0. The van der Waals surface area contributed by atoms with Gasteiger partial charge in [-0.2, -0.15) is 0 Å². The molecule has 130 valence electrons. The van der Waals surface area contributed by atoms with Gasteiger partial charge in [0.2, 0.25) is 0 Å². The Labute approximate surface area is 156 Å². The first kappa shape index (κ1) is 16.7. The van der Waals surface area contributed by atoms with Gasteiger partial charge in [0.25, 0.3) is 5.56 Å². The molecule has 0 aliphatic rings. The van der Waals surface area contributed by atoms with Gasteiger partial charge in [0.15, 0.2) is 4.96 Å². The van der Waals surface area contributed by atoms with Crippen molar-refractivity contribution in [3.63, 3.8) is 0 Å². The highest BCUT2D eigenvalue weighted by molar-refractivity contribution is 7.15. The van der Waals surface area contributed by atoms with E-state index in [1.807, 2.05) is 17.5 Å². The molecule has 0 saturated carbocycles. The minimum Gasteiger partial charge on any atom is -0.289 e. The van der Waals surface area contributed by atoms with Gasteiger partial charge in [-0.05, 0) is 11.1 Å². The lowest BCUT2D eigenvalue weighted by Crippen LogP contribution is -2.24. The second-order valence-electron chi connectivity index (χ2n) is 6.26. The van der Waals surface area contributed by atoms with Gasteiger partial charge < -0.3 is 0 Å².